The van der Waals surface area contributed by atoms with Crippen molar-refractivity contribution >= 4 is 23.7 Å². The van der Waals surface area contributed by atoms with Crippen LogP contribution >= 0.6 is 0 Å². The second-order valence-electron chi connectivity index (χ2n) is 5.72. The summed E-state index contributed by atoms with van der Waals surface area (Å²) in [6.45, 7) is 6.57. The number of imide groups is 1. The van der Waals surface area contributed by atoms with E-state index in [1.54, 1.807) is 27.7 Å². The molecule has 0 saturated carbocycles. The maximum atomic E-state index is 12.4. The first-order chi connectivity index (χ1) is 9.16. The van der Waals surface area contributed by atoms with E-state index < -0.39 is 35.0 Å². The highest BCUT2D eigenvalue weighted by Crippen LogP contribution is 2.29. The first-order valence-corrected chi connectivity index (χ1v) is 6.45. The molecule has 20 heavy (non-hydrogen) atoms. The van der Waals surface area contributed by atoms with Crippen LogP contribution in [-0.4, -0.2) is 48.3 Å². The number of esters is 1. The summed E-state index contributed by atoms with van der Waals surface area (Å²) in [6, 6.07) is 0. The summed E-state index contributed by atoms with van der Waals surface area (Å²) in [5, 5.41) is 2.11. The van der Waals surface area contributed by atoms with E-state index >= 15 is 0 Å². The van der Waals surface area contributed by atoms with Crippen LogP contribution in [-0.2, 0) is 23.9 Å². The van der Waals surface area contributed by atoms with Crippen LogP contribution in [0, 0.1) is 11.3 Å². The van der Waals surface area contributed by atoms with Gasteiger partial charge in [0.2, 0.25) is 17.7 Å². The van der Waals surface area contributed by atoms with Gasteiger partial charge in [0, 0.05) is 0 Å². The average molecular weight is 284 g/mol. The standard InChI is InChI=1S/C13H20N2O5/c1-5-20-12(19)10(13(2,3)4)11(18)15-6-8(16)14-9(17)7-15/h10H,5-7H2,1-4H3,(H,14,16,17). The summed E-state index contributed by atoms with van der Waals surface area (Å²) in [5.74, 6) is -3.33. The van der Waals surface area contributed by atoms with Crippen molar-refractivity contribution in [2.45, 2.75) is 27.7 Å². The molecule has 0 spiro atoms. The Morgan fingerprint density at radius 2 is 1.75 bits per heavy atom. The van der Waals surface area contributed by atoms with Crippen molar-refractivity contribution in [3.8, 4) is 0 Å². The number of hydrogen-bond donors (Lipinski definition) is 1. The predicted molar refractivity (Wildman–Crippen MR) is 69.3 cm³/mol. The zero-order valence-electron chi connectivity index (χ0n) is 12.2. The molecule has 1 saturated heterocycles. The SMILES string of the molecule is CCOC(=O)C(C(=O)N1CC(=O)NC(=O)C1)C(C)(C)C. The first kappa shape index (κ1) is 16.1. The lowest BCUT2D eigenvalue weighted by atomic mass is 9.79. The molecular formula is C13H20N2O5. The summed E-state index contributed by atoms with van der Waals surface area (Å²) >= 11 is 0. The summed E-state index contributed by atoms with van der Waals surface area (Å²) in [7, 11) is 0. The molecule has 1 unspecified atom stereocenters. The van der Waals surface area contributed by atoms with Gasteiger partial charge in [-0.15, -0.1) is 0 Å². The molecule has 1 atom stereocenters. The van der Waals surface area contributed by atoms with Gasteiger partial charge in [-0.2, -0.15) is 0 Å². The Labute approximate surface area is 117 Å². The summed E-state index contributed by atoms with van der Waals surface area (Å²) < 4.78 is 4.92. The lowest BCUT2D eigenvalue weighted by Gasteiger charge is -2.33. The summed E-state index contributed by atoms with van der Waals surface area (Å²) in [6.07, 6.45) is 0. The molecular weight excluding hydrogens is 264 g/mol. The van der Waals surface area contributed by atoms with Crippen molar-refractivity contribution in [2.75, 3.05) is 19.7 Å². The molecule has 0 aliphatic carbocycles. The molecule has 1 aliphatic heterocycles. The topological polar surface area (TPSA) is 92.8 Å². The highest BCUT2D eigenvalue weighted by Gasteiger charge is 2.42. The molecule has 7 nitrogen and oxygen atoms in total. The Kier molecular flexibility index (Phi) is 4.86. The molecule has 1 fully saturated rings. The predicted octanol–water partition coefficient (Wildman–Crippen LogP) is -0.303. The summed E-state index contributed by atoms with van der Waals surface area (Å²) in [4.78, 5) is 48.1. The molecule has 1 rings (SSSR count). The minimum atomic E-state index is -1.04. The van der Waals surface area contributed by atoms with Crippen molar-refractivity contribution < 1.29 is 23.9 Å². The smallest absolute Gasteiger partial charge is 0.319 e. The Bertz CT molecular complexity index is 423. The van der Waals surface area contributed by atoms with Crippen LogP contribution in [0.15, 0.2) is 0 Å². The summed E-state index contributed by atoms with van der Waals surface area (Å²) in [5.41, 5.74) is -0.666. The molecule has 0 aromatic carbocycles. The highest BCUT2D eigenvalue weighted by molar-refractivity contribution is 6.06. The maximum absolute atomic E-state index is 12.4. The monoisotopic (exact) mass is 284 g/mol. The number of carbonyl (C=O) groups excluding carboxylic acids is 4. The number of amides is 3. The van der Waals surface area contributed by atoms with Crippen molar-refractivity contribution in [2.24, 2.45) is 11.3 Å². The number of piperazine rings is 1. The number of rotatable bonds is 3. The average Bonchev–Trinajstić information content (AvgIpc) is 2.25. The largest absolute Gasteiger partial charge is 0.465 e. The minimum Gasteiger partial charge on any atom is -0.465 e. The molecule has 0 aromatic heterocycles. The van der Waals surface area contributed by atoms with E-state index in [-0.39, 0.29) is 19.7 Å². The lowest BCUT2D eigenvalue weighted by Crippen LogP contribution is -2.56. The molecule has 7 heteroatoms. The van der Waals surface area contributed by atoms with Gasteiger partial charge >= 0.3 is 5.97 Å². The maximum Gasteiger partial charge on any atom is 0.319 e. The minimum absolute atomic E-state index is 0.165. The third-order valence-corrected chi connectivity index (χ3v) is 2.89. The molecule has 1 N–H and O–H groups in total. The van der Waals surface area contributed by atoms with Gasteiger partial charge in [0.25, 0.3) is 0 Å². The number of nitrogens with one attached hydrogen (secondary N) is 1. The number of ether oxygens (including phenoxy) is 1. The van der Waals surface area contributed by atoms with Crippen LogP contribution in [0.4, 0.5) is 0 Å². The van der Waals surface area contributed by atoms with Gasteiger partial charge < -0.3 is 9.64 Å². The van der Waals surface area contributed by atoms with Crippen LogP contribution in [0.3, 0.4) is 0 Å². The van der Waals surface area contributed by atoms with Gasteiger partial charge in [-0.1, -0.05) is 20.8 Å². The van der Waals surface area contributed by atoms with Crippen LogP contribution in [0.5, 0.6) is 0 Å². The molecule has 0 aromatic rings. The Balaban J connectivity index is 2.96. The van der Waals surface area contributed by atoms with E-state index in [0.717, 1.165) is 4.90 Å². The van der Waals surface area contributed by atoms with Crippen molar-refractivity contribution in [3.05, 3.63) is 0 Å². The highest BCUT2D eigenvalue weighted by atomic mass is 16.5. The van der Waals surface area contributed by atoms with E-state index in [4.69, 9.17) is 4.74 Å². The van der Waals surface area contributed by atoms with E-state index in [1.165, 1.54) is 0 Å². The van der Waals surface area contributed by atoms with Gasteiger partial charge in [0.15, 0.2) is 0 Å². The zero-order chi connectivity index (χ0) is 15.5. The van der Waals surface area contributed by atoms with Crippen molar-refractivity contribution in [1.29, 1.82) is 0 Å². The number of nitrogens with zero attached hydrogens (tertiary/aromatic N) is 1. The molecule has 112 valence electrons. The van der Waals surface area contributed by atoms with Gasteiger partial charge in [0.1, 0.15) is 19.0 Å². The van der Waals surface area contributed by atoms with E-state index in [1.807, 2.05) is 0 Å². The fraction of sp³-hybridized carbons (Fsp3) is 0.692. The molecule has 3 amide bonds. The van der Waals surface area contributed by atoms with Gasteiger partial charge in [0.05, 0.1) is 6.61 Å². The molecule has 0 radical (unpaired) electrons. The normalized spacial score (nSPS) is 17.5. The first-order valence-electron chi connectivity index (χ1n) is 6.45. The van der Waals surface area contributed by atoms with Crippen molar-refractivity contribution in [1.82, 2.24) is 10.2 Å². The third kappa shape index (κ3) is 3.79. The Hall–Kier alpha value is -1.92. The molecule has 1 heterocycles. The van der Waals surface area contributed by atoms with Crippen LogP contribution in [0.2, 0.25) is 0 Å². The van der Waals surface area contributed by atoms with E-state index in [0.29, 0.717) is 0 Å². The quantitative estimate of drug-likeness (QED) is 0.436. The number of carbonyl (C=O) groups is 4. The van der Waals surface area contributed by atoms with Gasteiger partial charge in [-0.05, 0) is 12.3 Å². The molecule has 0 bridgehead atoms. The Morgan fingerprint density at radius 3 is 2.15 bits per heavy atom. The van der Waals surface area contributed by atoms with Gasteiger partial charge in [-0.25, -0.2) is 0 Å². The lowest BCUT2D eigenvalue weighted by molar-refractivity contribution is -0.163. The third-order valence-electron chi connectivity index (χ3n) is 2.89. The van der Waals surface area contributed by atoms with E-state index in [2.05, 4.69) is 5.32 Å². The van der Waals surface area contributed by atoms with Crippen LogP contribution in [0.1, 0.15) is 27.7 Å². The van der Waals surface area contributed by atoms with Crippen molar-refractivity contribution in [3.63, 3.8) is 0 Å². The van der Waals surface area contributed by atoms with E-state index in [9.17, 15) is 19.2 Å². The second-order valence-corrected chi connectivity index (χ2v) is 5.72. The van der Waals surface area contributed by atoms with Crippen LogP contribution in [0.25, 0.3) is 0 Å². The molecule has 1 aliphatic rings. The second kappa shape index (κ2) is 6.02. The Morgan fingerprint density at radius 1 is 1.25 bits per heavy atom. The fourth-order valence-electron chi connectivity index (χ4n) is 2.03. The fourth-order valence-corrected chi connectivity index (χ4v) is 2.03. The van der Waals surface area contributed by atoms with Gasteiger partial charge in [-0.3, -0.25) is 24.5 Å². The van der Waals surface area contributed by atoms with Crippen LogP contribution < -0.4 is 5.32 Å². The zero-order valence-corrected chi connectivity index (χ0v) is 12.2. The number of hydrogen-bond acceptors (Lipinski definition) is 5.